The summed E-state index contributed by atoms with van der Waals surface area (Å²) in [6.07, 6.45) is -6.56. The first-order valence-electron chi connectivity index (χ1n) is 6.46. The van der Waals surface area contributed by atoms with Gasteiger partial charge in [0.15, 0.2) is 5.60 Å². The largest absolute Gasteiger partial charge is 0.420 e. The Morgan fingerprint density at radius 1 is 1.30 bits per heavy atom. The SMILES string of the molecule is COC1c2cc(C)ccc2C(C)(C)CC1(O)C(F)(F)F. The number of fused-ring (bicyclic) bond motifs is 1. The van der Waals surface area contributed by atoms with Crippen molar-refractivity contribution in [2.75, 3.05) is 7.11 Å². The van der Waals surface area contributed by atoms with Crippen LogP contribution in [-0.2, 0) is 10.2 Å². The summed E-state index contributed by atoms with van der Waals surface area (Å²) in [4.78, 5) is 0. The fourth-order valence-electron chi connectivity index (χ4n) is 3.21. The second-order valence-corrected chi connectivity index (χ2v) is 6.19. The molecule has 2 rings (SSSR count). The molecule has 0 spiro atoms. The molecule has 1 aliphatic carbocycles. The quantitative estimate of drug-likeness (QED) is 0.854. The molecule has 112 valence electrons. The van der Waals surface area contributed by atoms with Crippen LogP contribution in [0.3, 0.4) is 0 Å². The summed E-state index contributed by atoms with van der Waals surface area (Å²) in [7, 11) is 1.20. The number of ether oxygens (including phenoxy) is 1. The van der Waals surface area contributed by atoms with Gasteiger partial charge in [-0.15, -0.1) is 0 Å². The van der Waals surface area contributed by atoms with Gasteiger partial charge in [0.2, 0.25) is 0 Å². The van der Waals surface area contributed by atoms with E-state index in [-0.39, 0.29) is 0 Å². The van der Waals surface area contributed by atoms with Crippen molar-refractivity contribution in [3.63, 3.8) is 0 Å². The van der Waals surface area contributed by atoms with E-state index < -0.39 is 29.7 Å². The van der Waals surface area contributed by atoms with Gasteiger partial charge in [-0.1, -0.05) is 37.6 Å². The lowest BCUT2D eigenvalue weighted by atomic mass is 9.64. The van der Waals surface area contributed by atoms with Gasteiger partial charge >= 0.3 is 6.18 Å². The summed E-state index contributed by atoms with van der Waals surface area (Å²) in [5.41, 5.74) is -1.59. The van der Waals surface area contributed by atoms with E-state index in [1.54, 1.807) is 26.8 Å². The number of methoxy groups -OCH3 is 1. The summed E-state index contributed by atoms with van der Waals surface area (Å²) in [6.45, 7) is 5.23. The van der Waals surface area contributed by atoms with Gasteiger partial charge in [0.25, 0.3) is 0 Å². The zero-order valence-electron chi connectivity index (χ0n) is 12.0. The van der Waals surface area contributed by atoms with Gasteiger partial charge in [-0.25, -0.2) is 0 Å². The second kappa shape index (κ2) is 4.46. The molecule has 0 aliphatic heterocycles. The summed E-state index contributed by atoms with van der Waals surface area (Å²) in [5.74, 6) is 0. The van der Waals surface area contributed by atoms with Gasteiger partial charge < -0.3 is 9.84 Å². The molecule has 0 saturated carbocycles. The Kier molecular flexibility index (Phi) is 3.42. The molecule has 0 amide bonds. The van der Waals surface area contributed by atoms with E-state index in [1.807, 2.05) is 12.1 Å². The Bertz CT molecular complexity index is 522. The molecule has 1 aliphatic rings. The number of hydrogen-bond acceptors (Lipinski definition) is 2. The lowest BCUT2D eigenvalue weighted by Crippen LogP contribution is -2.56. The van der Waals surface area contributed by atoms with E-state index >= 15 is 0 Å². The highest BCUT2D eigenvalue weighted by atomic mass is 19.4. The molecular weight excluding hydrogens is 269 g/mol. The van der Waals surface area contributed by atoms with Crippen LogP contribution in [0.15, 0.2) is 18.2 Å². The predicted octanol–water partition coefficient (Wildman–Crippen LogP) is 3.66. The minimum Gasteiger partial charge on any atom is -0.378 e. The standard InChI is InChI=1S/C15H19F3O2/c1-9-5-6-11-10(7-9)12(20-4)14(19,15(16,17)18)8-13(11,2)3/h5-7,12,19H,8H2,1-4H3. The molecule has 2 nitrogen and oxygen atoms in total. The summed E-state index contributed by atoms with van der Waals surface area (Å²) >= 11 is 0. The van der Waals surface area contributed by atoms with E-state index in [9.17, 15) is 18.3 Å². The van der Waals surface area contributed by atoms with Crippen LogP contribution in [0, 0.1) is 6.92 Å². The molecule has 5 heteroatoms. The van der Waals surface area contributed by atoms with Crippen LogP contribution in [-0.4, -0.2) is 24.0 Å². The molecule has 0 fully saturated rings. The summed E-state index contributed by atoms with van der Waals surface area (Å²) < 4.78 is 45.1. The van der Waals surface area contributed by atoms with Gasteiger partial charge in [0.1, 0.15) is 6.10 Å². The predicted molar refractivity (Wildman–Crippen MR) is 69.6 cm³/mol. The average Bonchev–Trinajstić information content (AvgIpc) is 2.26. The highest BCUT2D eigenvalue weighted by Crippen LogP contribution is 2.54. The van der Waals surface area contributed by atoms with E-state index in [0.717, 1.165) is 11.1 Å². The molecule has 2 atom stereocenters. The van der Waals surface area contributed by atoms with E-state index in [4.69, 9.17) is 4.74 Å². The van der Waals surface area contributed by atoms with E-state index in [0.29, 0.717) is 5.56 Å². The molecule has 1 N–H and O–H groups in total. The molecule has 0 aromatic heterocycles. The fourth-order valence-corrected chi connectivity index (χ4v) is 3.21. The van der Waals surface area contributed by atoms with Crippen LogP contribution < -0.4 is 0 Å². The molecule has 0 bridgehead atoms. The fraction of sp³-hybridized carbons (Fsp3) is 0.600. The van der Waals surface area contributed by atoms with Crippen molar-refractivity contribution in [2.45, 2.75) is 50.5 Å². The number of alkyl halides is 3. The number of hydrogen-bond donors (Lipinski definition) is 1. The first-order valence-corrected chi connectivity index (χ1v) is 6.46. The van der Waals surface area contributed by atoms with Crippen molar-refractivity contribution in [2.24, 2.45) is 0 Å². The van der Waals surface area contributed by atoms with Crippen LogP contribution >= 0.6 is 0 Å². The molecule has 1 aromatic rings. The average molecular weight is 288 g/mol. The van der Waals surface area contributed by atoms with Gasteiger partial charge in [-0.2, -0.15) is 13.2 Å². The third kappa shape index (κ3) is 2.13. The minimum atomic E-state index is -4.74. The summed E-state index contributed by atoms with van der Waals surface area (Å²) in [5, 5.41) is 10.3. The zero-order valence-corrected chi connectivity index (χ0v) is 12.0. The van der Waals surface area contributed by atoms with Crippen LogP contribution in [0.5, 0.6) is 0 Å². The van der Waals surface area contributed by atoms with Crippen molar-refractivity contribution in [1.82, 2.24) is 0 Å². The monoisotopic (exact) mass is 288 g/mol. The molecule has 2 unspecified atom stereocenters. The number of aliphatic hydroxyl groups is 1. The van der Waals surface area contributed by atoms with Gasteiger partial charge in [-0.05, 0) is 29.9 Å². The van der Waals surface area contributed by atoms with Crippen molar-refractivity contribution in [3.05, 3.63) is 34.9 Å². The van der Waals surface area contributed by atoms with Gasteiger partial charge in [-0.3, -0.25) is 0 Å². The van der Waals surface area contributed by atoms with Gasteiger partial charge in [0, 0.05) is 7.11 Å². The highest BCUT2D eigenvalue weighted by molar-refractivity contribution is 5.43. The summed E-state index contributed by atoms with van der Waals surface area (Å²) in [6, 6.07) is 5.36. The topological polar surface area (TPSA) is 29.5 Å². The minimum absolute atomic E-state index is 0.419. The van der Waals surface area contributed by atoms with Crippen molar-refractivity contribution < 1.29 is 23.0 Å². The van der Waals surface area contributed by atoms with Crippen LogP contribution in [0.4, 0.5) is 13.2 Å². The number of benzene rings is 1. The third-order valence-corrected chi connectivity index (χ3v) is 4.09. The maximum atomic E-state index is 13.4. The Morgan fingerprint density at radius 3 is 2.40 bits per heavy atom. The second-order valence-electron chi connectivity index (χ2n) is 6.19. The maximum absolute atomic E-state index is 13.4. The first kappa shape index (κ1) is 15.3. The van der Waals surface area contributed by atoms with E-state index in [2.05, 4.69) is 0 Å². The van der Waals surface area contributed by atoms with Crippen molar-refractivity contribution in [1.29, 1.82) is 0 Å². The zero-order chi connectivity index (χ0) is 15.3. The van der Waals surface area contributed by atoms with Crippen LogP contribution in [0.1, 0.15) is 43.1 Å². The molecule has 0 heterocycles. The molecule has 1 aromatic carbocycles. The van der Waals surface area contributed by atoms with Crippen LogP contribution in [0.25, 0.3) is 0 Å². The lowest BCUT2D eigenvalue weighted by molar-refractivity contribution is -0.305. The Morgan fingerprint density at radius 2 is 1.90 bits per heavy atom. The lowest BCUT2D eigenvalue weighted by Gasteiger charge is -2.47. The smallest absolute Gasteiger partial charge is 0.378 e. The first-order chi connectivity index (χ1) is 9.03. The van der Waals surface area contributed by atoms with E-state index in [1.165, 1.54) is 7.11 Å². The molecule has 20 heavy (non-hydrogen) atoms. The maximum Gasteiger partial charge on any atom is 0.420 e. The number of rotatable bonds is 1. The Labute approximate surface area is 116 Å². The third-order valence-electron chi connectivity index (χ3n) is 4.09. The van der Waals surface area contributed by atoms with Crippen molar-refractivity contribution in [3.8, 4) is 0 Å². The molecule has 0 radical (unpaired) electrons. The van der Waals surface area contributed by atoms with Crippen molar-refractivity contribution >= 4 is 0 Å². The number of halogens is 3. The molecule has 0 saturated heterocycles. The molecular formula is C15H19F3O2. The van der Waals surface area contributed by atoms with Crippen LogP contribution in [0.2, 0.25) is 0 Å². The Hall–Kier alpha value is -1.07. The highest BCUT2D eigenvalue weighted by Gasteiger charge is 2.64. The Balaban J connectivity index is 2.70. The number of aryl methyl sites for hydroxylation is 1. The van der Waals surface area contributed by atoms with Gasteiger partial charge in [0.05, 0.1) is 0 Å². The normalized spacial score (nSPS) is 29.1.